The lowest BCUT2D eigenvalue weighted by Crippen LogP contribution is -2.21. The minimum absolute atomic E-state index is 0. The quantitative estimate of drug-likeness (QED) is 0.608. The number of nitrogens with one attached hydrogen (secondary N) is 1. The van der Waals surface area contributed by atoms with Crippen molar-refractivity contribution in [2.24, 2.45) is 0 Å². The fourth-order valence-electron chi connectivity index (χ4n) is 2.90. The highest BCUT2D eigenvalue weighted by molar-refractivity contribution is 8.07. The Balaban J connectivity index is 0. The summed E-state index contributed by atoms with van der Waals surface area (Å²) < 4.78 is 10.1. The first-order chi connectivity index (χ1) is 14.9. The molecule has 2 aromatic carbocycles. The number of hydrogen-bond acceptors (Lipinski definition) is 7. The van der Waals surface area contributed by atoms with Crippen LogP contribution in [0.1, 0.15) is 56.7 Å². The van der Waals surface area contributed by atoms with Crippen LogP contribution >= 0.6 is 13.5 Å². The maximum Gasteiger partial charge on any atom is 0.150 e. The fourth-order valence-corrected chi connectivity index (χ4v) is 2.90. The number of carbonyl (C=O) groups is 2. The van der Waals surface area contributed by atoms with Crippen LogP contribution in [0.2, 0.25) is 0 Å². The maximum absolute atomic E-state index is 10.5. The molecule has 5 nitrogen and oxygen atoms in total. The first kappa shape index (κ1) is 32.3. The monoisotopic (exact) mass is 497 g/mol. The predicted octanol–water partition coefficient (Wildman–Crippen LogP) is 4.81. The number of rotatable bonds is 4. The van der Waals surface area contributed by atoms with E-state index in [-0.39, 0.29) is 13.5 Å². The van der Waals surface area contributed by atoms with Crippen LogP contribution in [0.5, 0.6) is 11.5 Å². The lowest BCUT2D eigenvalue weighted by atomic mass is 10.1. The first-order valence-electron chi connectivity index (χ1n) is 10.0. The van der Waals surface area contributed by atoms with Crippen LogP contribution in [0.3, 0.4) is 0 Å². The molecule has 0 unspecified atom stereocenters. The number of carbonyl (C=O) groups excluding carboxylic acids is 2. The van der Waals surface area contributed by atoms with E-state index in [1.54, 1.807) is 26.4 Å². The van der Waals surface area contributed by atoms with E-state index in [0.29, 0.717) is 11.1 Å². The molecule has 0 spiro atoms. The van der Waals surface area contributed by atoms with Crippen molar-refractivity contribution in [1.82, 2.24) is 5.32 Å². The van der Waals surface area contributed by atoms with Crippen molar-refractivity contribution in [3.63, 3.8) is 0 Å². The second-order valence-electron chi connectivity index (χ2n) is 6.99. The summed E-state index contributed by atoms with van der Waals surface area (Å²) in [6.45, 7) is 8.36. The molecule has 2 aromatic rings. The van der Waals surface area contributed by atoms with Crippen LogP contribution in [-0.4, -0.2) is 39.9 Å². The normalized spacial score (nSPS) is 11.4. The zero-order chi connectivity index (χ0) is 23.6. The van der Waals surface area contributed by atoms with Gasteiger partial charge in [-0.1, -0.05) is 6.42 Å². The van der Waals surface area contributed by atoms with Gasteiger partial charge in [-0.15, -0.1) is 0 Å². The Hall–Kier alpha value is -1.87. The highest BCUT2D eigenvalue weighted by Gasteiger charge is 2.03. The van der Waals surface area contributed by atoms with Crippen molar-refractivity contribution in [2.75, 3.05) is 27.3 Å². The number of aldehydes is 2. The minimum atomic E-state index is 0. The van der Waals surface area contributed by atoms with Gasteiger partial charge in [0.2, 0.25) is 0 Å². The van der Waals surface area contributed by atoms with E-state index in [2.05, 4.69) is 27.7 Å². The van der Waals surface area contributed by atoms with Crippen molar-refractivity contribution in [1.29, 1.82) is 0 Å². The van der Waals surface area contributed by atoms with E-state index in [0.717, 1.165) is 40.8 Å². The molecule has 3 rings (SSSR count). The second kappa shape index (κ2) is 19.8. The molecule has 0 radical (unpaired) electrons. The van der Waals surface area contributed by atoms with E-state index in [9.17, 15) is 9.59 Å². The van der Waals surface area contributed by atoms with Gasteiger partial charge in [0.25, 0.3) is 0 Å². The molecule has 0 aromatic heterocycles. The molecular weight excluding hydrogens is 462 g/mol. The number of piperidine rings is 1. The Morgan fingerprint density at radius 2 is 1.38 bits per heavy atom. The summed E-state index contributed by atoms with van der Waals surface area (Å²) in [7, 11) is 3.19. The van der Waals surface area contributed by atoms with Crippen LogP contribution in [0, 0.1) is 20.8 Å². The van der Waals surface area contributed by atoms with Gasteiger partial charge in [0, 0.05) is 33.5 Å². The third-order valence-electron chi connectivity index (χ3n) is 4.65. The summed E-state index contributed by atoms with van der Waals surface area (Å²) in [6.07, 6.45) is 5.86. The number of methoxy groups -OCH3 is 2. The third kappa shape index (κ3) is 12.9. The van der Waals surface area contributed by atoms with Gasteiger partial charge in [0.1, 0.15) is 24.1 Å². The molecule has 32 heavy (non-hydrogen) atoms. The molecule has 178 valence electrons. The average molecular weight is 498 g/mol. The van der Waals surface area contributed by atoms with Crippen molar-refractivity contribution in [3.8, 4) is 11.5 Å². The number of aryl methyl sites for hydroxylation is 2. The smallest absolute Gasteiger partial charge is 0.150 e. The third-order valence-corrected chi connectivity index (χ3v) is 4.65. The molecule has 0 amide bonds. The van der Waals surface area contributed by atoms with Gasteiger partial charge in [-0.3, -0.25) is 9.59 Å². The second-order valence-corrected chi connectivity index (χ2v) is 6.99. The highest BCUT2D eigenvalue weighted by atomic mass is 32.8. The number of ether oxygens (including phenoxy) is 2. The highest BCUT2D eigenvalue weighted by Crippen LogP contribution is 2.22. The molecule has 1 saturated heterocycles. The Labute approximate surface area is 209 Å². The zero-order valence-electron chi connectivity index (χ0n) is 19.5. The molecule has 0 saturated carbocycles. The van der Waals surface area contributed by atoms with Gasteiger partial charge in [0.05, 0.1) is 14.2 Å². The molecule has 1 N–H and O–H groups in total. The number of benzene rings is 2. The summed E-state index contributed by atoms with van der Waals surface area (Å²) in [5.74, 6) is 1.50. The number of hydrogen-bond donors (Lipinski definition) is 1. The van der Waals surface area contributed by atoms with E-state index >= 15 is 0 Å². The summed E-state index contributed by atoms with van der Waals surface area (Å²) in [5.41, 5.74) is 4.52. The standard InChI is InChI=1S/C10H12O2.C9H10O2.C5H11N.S2.H2S/c1-7-4-9(6-11)5-10(12-3)8(7)2;1-7-3-8(6-10)5-9(4-7)11-2;1-2-4-6-5-3-1;1-2;/h4-6H,1-3H3;3-6H,1-2H3;6H,1-5H2;;1H2. The molecule has 0 aliphatic carbocycles. The van der Waals surface area contributed by atoms with E-state index in [1.807, 2.05) is 39.0 Å². The van der Waals surface area contributed by atoms with Crippen LogP contribution < -0.4 is 14.8 Å². The van der Waals surface area contributed by atoms with Crippen molar-refractivity contribution >= 4 is 48.4 Å². The Morgan fingerprint density at radius 1 is 0.812 bits per heavy atom. The van der Waals surface area contributed by atoms with Crippen molar-refractivity contribution in [3.05, 3.63) is 58.1 Å². The van der Waals surface area contributed by atoms with E-state index in [1.165, 1.54) is 32.4 Å². The summed E-state index contributed by atoms with van der Waals surface area (Å²) in [6, 6.07) is 9.00. The molecule has 8 heteroatoms. The largest absolute Gasteiger partial charge is 0.497 e. The van der Waals surface area contributed by atoms with Crippen molar-refractivity contribution in [2.45, 2.75) is 40.0 Å². The van der Waals surface area contributed by atoms with Gasteiger partial charge in [-0.05, 0) is 93.7 Å². The van der Waals surface area contributed by atoms with Crippen molar-refractivity contribution < 1.29 is 19.1 Å². The Morgan fingerprint density at radius 3 is 1.78 bits per heavy atom. The lowest BCUT2D eigenvalue weighted by molar-refractivity contribution is 0.111. The first-order valence-corrected chi connectivity index (χ1v) is 11.4. The predicted molar refractivity (Wildman–Crippen MR) is 143 cm³/mol. The molecule has 1 aliphatic rings. The average Bonchev–Trinajstić information content (AvgIpc) is 2.83. The summed E-state index contributed by atoms with van der Waals surface area (Å²) in [5, 5.41) is 3.28. The Bertz CT molecular complexity index is 801. The zero-order valence-corrected chi connectivity index (χ0v) is 22.2. The van der Waals surface area contributed by atoms with E-state index < -0.39 is 0 Å². The molecule has 0 bridgehead atoms. The Kier molecular flexibility index (Phi) is 20.0. The molecular formula is C24H35NO4S3. The van der Waals surface area contributed by atoms with Crippen LogP contribution in [0.15, 0.2) is 30.3 Å². The van der Waals surface area contributed by atoms with Gasteiger partial charge in [-0.2, -0.15) is 13.5 Å². The molecule has 0 atom stereocenters. The fraction of sp³-hybridized carbons (Fsp3) is 0.417. The molecule has 1 aliphatic heterocycles. The van der Waals surface area contributed by atoms with Gasteiger partial charge in [0.15, 0.2) is 0 Å². The van der Waals surface area contributed by atoms with Gasteiger partial charge >= 0.3 is 0 Å². The summed E-state index contributed by atoms with van der Waals surface area (Å²) >= 11 is 7.33. The van der Waals surface area contributed by atoms with Crippen LogP contribution in [0.25, 0.3) is 0 Å². The SMILES string of the molecule is C1CCNCC1.COc1cc(C)cc(C=O)c1.COc1cc(C=O)cc(C)c1C.S.S=S. The van der Waals surface area contributed by atoms with Gasteiger partial charge in [-0.25, -0.2) is 0 Å². The topological polar surface area (TPSA) is 64.6 Å². The minimum Gasteiger partial charge on any atom is -0.497 e. The summed E-state index contributed by atoms with van der Waals surface area (Å²) in [4.78, 5) is 20.9. The maximum atomic E-state index is 10.5. The lowest BCUT2D eigenvalue weighted by Gasteiger charge is -2.08. The molecule has 1 heterocycles. The molecule has 1 fully saturated rings. The van der Waals surface area contributed by atoms with Crippen LogP contribution in [0.4, 0.5) is 0 Å². The van der Waals surface area contributed by atoms with Gasteiger partial charge < -0.3 is 14.8 Å². The van der Waals surface area contributed by atoms with E-state index in [4.69, 9.17) is 9.47 Å². The van der Waals surface area contributed by atoms with Crippen LogP contribution in [-0.2, 0) is 22.4 Å².